The Labute approximate surface area is 171 Å². The summed E-state index contributed by atoms with van der Waals surface area (Å²) in [6.45, 7) is 4.46. The Morgan fingerprint density at radius 1 is 1.22 bits per heavy atom. The number of aromatic nitrogens is 3. The van der Waals surface area contributed by atoms with Crippen LogP contribution < -0.4 is 0 Å². The van der Waals surface area contributed by atoms with Gasteiger partial charge in [-0.05, 0) is 64.7 Å². The zero-order valence-corrected chi connectivity index (χ0v) is 17.5. The molecule has 3 aromatic rings. The summed E-state index contributed by atoms with van der Waals surface area (Å²) in [5.41, 5.74) is 2.65. The van der Waals surface area contributed by atoms with Crippen molar-refractivity contribution in [3.63, 3.8) is 0 Å². The van der Waals surface area contributed by atoms with E-state index in [1.807, 2.05) is 26.0 Å². The SMILES string of the molecule is CC(C)(C#N)c1cc(CSc2ccc(O)c(Br)c2)cc(Cn2cncn2)c1. The fourth-order valence-electron chi connectivity index (χ4n) is 2.61. The van der Waals surface area contributed by atoms with Crippen molar-refractivity contribution in [1.29, 1.82) is 5.26 Å². The predicted octanol–water partition coefficient (Wildman–Crippen LogP) is 4.89. The zero-order valence-electron chi connectivity index (χ0n) is 15.1. The molecule has 0 saturated heterocycles. The molecule has 0 aliphatic rings. The zero-order chi connectivity index (χ0) is 19.4. The van der Waals surface area contributed by atoms with Gasteiger partial charge in [-0.3, -0.25) is 0 Å². The molecule has 0 saturated carbocycles. The van der Waals surface area contributed by atoms with Crippen LogP contribution in [0.1, 0.15) is 30.5 Å². The first kappa shape index (κ1) is 19.5. The number of nitrogens with zero attached hydrogens (tertiary/aromatic N) is 4. The minimum Gasteiger partial charge on any atom is -0.507 e. The Morgan fingerprint density at radius 3 is 2.67 bits per heavy atom. The van der Waals surface area contributed by atoms with E-state index in [2.05, 4.69) is 50.3 Å². The highest BCUT2D eigenvalue weighted by molar-refractivity contribution is 9.10. The van der Waals surface area contributed by atoms with Crippen LogP contribution in [0, 0.1) is 11.3 Å². The number of aromatic hydroxyl groups is 1. The summed E-state index contributed by atoms with van der Waals surface area (Å²) in [6.07, 6.45) is 3.20. The second-order valence-corrected chi connectivity index (χ2v) is 8.67. The maximum Gasteiger partial charge on any atom is 0.137 e. The van der Waals surface area contributed by atoms with Crippen LogP contribution in [0.15, 0.2) is 58.4 Å². The number of benzene rings is 2. The van der Waals surface area contributed by atoms with Gasteiger partial charge in [-0.25, -0.2) is 9.67 Å². The van der Waals surface area contributed by atoms with Gasteiger partial charge in [-0.1, -0.05) is 18.2 Å². The molecule has 0 aliphatic heterocycles. The van der Waals surface area contributed by atoms with E-state index in [0.29, 0.717) is 11.0 Å². The van der Waals surface area contributed by atoms with Gasteiger partial charge in [-0.2, -0.15) is 10.4 Å². The molecule has 7 heteroatoms. The van der Waals surface area contributed by atoms with E-state index in [9.17, 15) is 10.4 Å². The molecule has 138 valence electrons. The molecule has 0 aliphatic carbocycles. The van der Waals surface area contributed by atoms with Crippen molar-refractivity contribution in [1.82, 2.24) is 14.8 Å². The van der Waals surface area contributed by atoms with Crippen molar-refractivity contribution in [3.8, 4) is 11.8 Å². The van der Waals surface area contributed by atoms with E-state index in [1.54, 1.807) is 28.8 Å². The molecule has 1 aromatic heterocycles. The van der Waals surface area contributed by atoms with Gasteiger partial charge < -0.3 is 5.11 Å². The molecule has 1 N–H and O–H groups in total. The van der Waals surface area contributed by atoms with Crippen LogP contribution in [-0.4, -0.2) is 19.9 Å². The topological polar surface area (TPSA) is 74.7 Å². The molecule has 5 nitrogen and oxygen atoms in total. The molecular weight excluding hydrogens is 424 g/mol. The van der Waals surface area contributed by atoms with E-state index < -0.39 is 5.41 Å². The summed E-state index contributed by atoms with van der Waals surface area (Å²) in [5.74, 6) is 0.990. The highest BCUT2D eigenvalue weighted by Gasteiger charge is 2.21. The number of nitriles is 1. The van der Waals surface area contributed by atoms with Gasteiger partial charge in [0, 0.05) is 10.6 Å². The summed E-state index contributed by atoms with van der Waals surface area (Å²) in [5, 5.41) is 23.4. The van der Waals surface area contributed by atoms with Gasteiger partial charge in [0.05, 0.1) is 22.5 Å². The van der Waals surface area contributed by atoms with Gasteiger partial charge in [0.25, 0.3) is 0 Å². The Kier molecular flexibility index (Phi) is 5.88. The van der Waals surface area contributed by atoms with E-state index >= 15 is 0 Å². The normalized spacial score (nSPS) is 11.3. The average molecular weight is 443 g/mol. The lowest BCUT2D eigenvalue weighted by atomic mass is 9.84. The molecular formula is C20H19BrN4OS. The highest BCUT2D eigenvalue weighted by atomic mass is 79.9. The predicted molar refractivity (Wildman–Crippen MR) is 110 cm³/mol. The molecule has 2 aromatic carbocycles. The fraction of sp³-hybridized carbons (Fsp3) is 0.250. The van der Waals surface area contributed by atoms with Gasteiger partial charge >= 0.3 is 0 Å². The molecule has 0 bridgehead atoms. The largest absolute Gasteiger partial charge is 0.507 e. The van der Waals surface area contributed by atoms with Crippen LogP contribution in [0.2, 0.25) is 0 Å². The van der Waals surface area contributed by atoms with Crippen LogP contribution in [0.3, 0.4) is 0 Å². The van der Waals surface area contributed by atoms with Crippen LogP contribution in [0.5, 0.6) is 5.75 Å². The third-order valence-corrected chi connectivity index (χ3v) is 5.89. The summed E-state index contributed by atoms with van der Waals surface area (Å²) in [7, 11) is 0. The van der Waals surface area contributed by atoms with Crippen molar-refractivity contribution in [3.05, 3.63) is 70.2 Å². The quantitative estimate of drug-likeness (QED) is 0.550. The second kappa shape index (κ2) is 8.15. The van der Waals surface area contributed by atoms with Gasteiger partial charge in [0.2, 0.25) is 0 Å². The van der Waals surface area contributed by atoms with E-state index in [4.69, 9.17) is 0 Å². The monoisotopic (exact) mass is 442 g/mol. The highest BCUT2D eigenvalue weighted by Crippen LogP contribution is 2.32. The van der Waals surface area contributed by atoms with Crippen molar-refractivity contribution in [2.75, 3.05) is 0 Å². The number of thioether (sulfide) groups is 1. The van der Waals surface area contributed by atoms with E-state index in [0.717, 1.165) is 27.3 Å². The number of rotatable bonds is 6. The molecule has 0 amide bonds. The van der Waals surface area contributed by atoms with Gasteiger partial charge in [0.1, 0.15) is 18.4 Å². The van der Waals surface area contributed by atoms with Gasteiger partial charge in [0.15, 0.2) is 0 Å². The average Bonchev–Trinajstić information content (AvgIpc) is 3.15. The van der Waals surface area contributed by atoms with E-state index in [-0.39, 0.29) is 5.75 Å². The van der Waals surface area contributed by atoms with Crippen molar-refractivity contribution in [2.24, 2.45) is 0 Å². The van der Waals surface area contributed by atoms with Crippen LogP contribution in [0.4, 0.5) is 0 Å². The van der Waals surface area contributed by atoms with E-state index in [1.165, 1.54) is 6.33 Å². The Bertz CT molecular complexity index is 980. The molecule has 0 unspecified atom stereocenters. The minimum atomic E-state index is -0.570. The summed E-state index contributed by atoms with van der Waals surface area (Å²) >= 11 is 5.03. The Morgan fingerprint density at radius 2 is 2.00 bits per heavy atom. The van der Waals surface area contributed by atoms with Crippen molar-refractivity contribution < 1.29 is 5.11 Å². The molecule has 0 radical (unpaired) electrons. The van der Waals surface area contributed by atoms with Crippen LogP contribution in [-0.2, 0) is 17.7 Å². The standard InChI is InChI=1S/C20H19BrN4OS/c1-20(2,11-22)16-6-14(9-25-13-23-12-24-25)5-15(7-16)10-27-17-3-4-19(26)18(21)8-17/h3-8,12-13,26H,9-10H2,1-2H3. The van der Waals surface area contributed by atoms with Crippen molar-refractivity contribution in [2.45, 2.75) is 36.5 Å². The smallest absolute Gasteiger partial charge is 0.137 e. The molecule has 0 fully saturated rings. The second-order valence-electron chi connectivity index (χ2n) is 6.77. The summed E-state index contributed by atoms with van der Waals surface area (Å²) in [4.78, 5) is 5.05. The molecule has 0 spiro atoms. The number of halogens is 1. The Balaban J connectivity index is 1.87. The maximum atomic E-state index is 9.64. The third kappa shape index (κ3) is 4.90. The molecule has 0 atom stereocenters. The number of hydrogen-bond acceptors (Lipinski definition) is 5. The first-order chi connectivity index (χ1) is 12.9. The lowest BCUT2D eigenvalue weighted by Crippen LogP contribution is -2.15. The molecule has 1 heterocycles. The lowest BCUT2D eigenvalue weighted by Gasteiger charge is -2.19. The third-order valence-electron chi connectivity index (χ3n) is 4.19. The minimum absolute atomic E-state index is 0.229. The van der Waals surface area contributed by atoms with Crippen molar-refractivity contribution >= 4 is 27.7 Å². The van der Waals surface area contributed by atoms with Crippen LogP contribution in [0.25, 0.3) is 0 Å². The molecule has 3 rings (SSSR count). The number of phenols is 1. The summed E-state index contributed by atoms with van der Waals surface area (Å²) in [6, 6.07) is 14.2. The summed E-state index contributed by atoms with van der Waals surface area (Å²) < 4.78 is 2.45. The lowest BCUT2D eigenvalue weighted by molar-refractivity contribution is 0.471. The van der Waals surface area contributed by atoms with Crippen LogP contribution >= 0.6 is 27.7 Å². The Hall–Kier alpha value is -2.30. The molecule has 27 heavy (non-hydrogen) atoms. The number of hydrogen-bond donors (Lipinski definition) is 1. The maximum absolute atomic E-state index is 9.64. The van der Waals surface area contributed by atoms with Gasteiger partial charge in [-0.15, -0.1) is 11.8 Å². The first-order valence-electron chi connectivity index (χ1n) is 8.36. The first-order valence-corrected chi connectivity index (χ1v) is 10.1. The number of phenolic OH excluding ortho intramolecular Hbond substituents is 1. The fourth-order valence-corrected chi connectivity index (χ4v) is 4.00.